The second kappa shape index (κ2) is 12.2. The van der Waals surface area contributed by atoms with Crippen molar-refractivity contribution < 1.29 is 38.1 Å². The van der Waals surface area contributed by atoms with Crippen LogP contribution in [-0.4, -0.2) is 54.2 Å². The molecule has 9 atom stereocenters. The normalized spacial score (nSPS) is 34.8. The van der Waals surface area contributed by atoms with Crippen molar-refractivity contribution in [1.82, 2.24) is 0 Å². The topological polar surface area (TPSA) is 109 Å². The van der Waals surface area contributed by atoms with Gasteiger partial charge in [0.2, 0.25) is 0 Å². The summed E-state index contributed by atoms with van der Waals surface area (Å²) in [4.78, 5) is 52.7. The lowest BCUT2D eigenvalue weighted by molar-refractivity contribution is -0.182. The molecule has 8 heteroatoms. The molecule has 0 aromatic rings. The smallest absolute Gasteiger partial charge is 0.331 e. The first-order valence-electron chi connectivity index (χ1n) is 14.2. The standard InChI is InChI=1S/C31H44O8/c1-10-16(5)14-21(32)37-26-19(8)22-23(20(13-4)25(33)27(22)38-29(34)17(6)11-2)24(31(9)15-36-31)28(26)39-30(35)18(7)12-3/h13-14,17-18,22-24,26-28H,8,10-12,15H2,1-7,9H3/b16-14+,20-13?/t17-,18-,22-,23+,24-,26-,27-,28+,31+/m0/s1. The van der Waals surface area contributed by atoms with E-state index in [4.69, 9.17) is 18.9 Å². The third kappa shape index (κ3) is 6.06. The number of ketones is 1. The van der Waals surface area contributed by atoms with Gasteiger partial charge in [0, 0.05) is 23.8 Å². The van der Waals surface area contributed by atoms with E-state index in [0.717, 1.165) is 5.57 Å². The van der Waals surface area contributed by atoms with E-state index in [0.29, 0.717) is 37.0 Å². The van der Waals surface area contributed by atoms with E-state index in [1.807, 2.05) is 34.6 Å². The summed E-state index contributed by atoms with van der Waals surface area (Å²) >= 11 is 0. The third-order valence-corrected chi connectivity index (χ3v) is 8.75. The summed E-state index contributed by atoms with van der Waals surface area (Å²) in [6.45, 7) is 19.4. The first-order valence-corrected chi connectivity index (χ1v) is 14.2. The van der Waals surface area contributed by atoms with E-state index in [9.17, 15) is 19.2 Å². The number of carbonyl (C=O) groups excluding carboxylic acids is 4. The maximum Gasteiger partial charge on any atom is 0.331 e. The Morgan fingerprint density at radius 3 is 2.08 bits per heavy atom. The summed E-state index contributed by atoms with van der Waals surface area (Å²) < 4.78 is 23.8. The molecule has 1 aliphatic heterocycles. The molecule has 3 rings (SSSR count). The van der Waals surface area contributed by atoms with E-state index < -0.39 is 59.6 Å². The molecule has 216 valence electrons. The van der Waals surface area contributed by atoms with Crippen LogP contribution >= 0.6 is 0 Å². The molecule has 0 spiro atoms. The second-order valence-corrected chi connectivity index (χ2v) is 11.4. The molecule has 8 nitrogen and oxygen atoms in total. The predicted octanol–water partition coefficient (Wildman–Crippen LogP) is 4.91. The van der Waals surface area contributed by atoms with Crippen molar-refractivity contribution in [3.63, 3.8) is 0 Å². The molecule has 0 N–H and O–H groups in total. The number of allylic oxidation sites excluding steroid dienone is 2. The van der Waals surface area contributed by atoms with Gasteiger partial charge in [-0.1, -0.05) is 52.8 Å². The van der Waals surface area contributed by atoms with Crippen molar-refractivity contribution in [3.05, 3.63) is 35.5 Å². The van der Waals surface area contributed by atoms with Crippen LogP contribution in [0.1, 0.15) is 74.7 Å². The SMILES string of the molecule is C=C1[C@H]2[C@@H](C(=CC)C(=O)[C@H]2OC(=O)[C@@H](C)CC)[C@H]([C@@]2(C)CO2)[C@@H](OC(=O)[C@@H](C)CC)[C@H]1OC(=O)/C=C(\C)CC. The summed E-state index contributed by atoms with van der Waals surface area (Å²) in [6, 6.07) is 0. The van der Waals surface area contributed by atoms with Gasteiger partial charge in [-0.05, 0) is 51.2 Å². The number of ether oxygens (including phenoxy) is 4. The molecule has 1 saturated heterocycles. The van der Waals surface area contributed by atoms with E-state index >= 15 is 0 Å². The Bertz CT molecular complexity index is 1060. The van der Waals surface area contributed by atoms with Crippen LogP contribution in [0.4, 0.5) is 0 Å². The summed E-state index contributed by atoms with van der Waals surface area (Å²) in [7, 11) is 0. The van der Waals surface area contributed by atoms with Crippen LogP contribution in [-0.2, 0) is 38.1 Å². The number of esters is 3. The van der Waals surface area contributed by atoms with Gasteiger partial charge >= 0.3 is 17.9 Å². The van der Waals surface area contributed by atoms with E-state index in [-0.39, 0.29) is 17.6 Å². The lowest BCUT2D eigenvalue weighted by Gasteiger charge is -2.47. The van der Waals surface area contributed by atoms with Crippen LogP contribution in [0.3, 0.4) is 0 Å². The van der Waals surface area contributed by atoms with Crippen molar-refractivity contribution in [3.8, 4) is 0 Å². The molecule has 1 heterocycles. The number of Topliss-reactive ketones (excluding diaryl/α,β-unsaturated/α-hetero) is 1. The number of hydrogen-bond acceptors (Lipinski definition) is 8. The van der Waals surface area contributed by atoms with Gasteiger partial charge in [0.25, 0.3) is 0 Å². The van der Waals surface area contributed by atoms with Crippen LogP contribution in [0, 0.1) is 29.6 Å². The van der Waals surface area contributed by atoms with Gasteiger partial charge in [-0.2, -0.15) is 0 Å². The molecule has 39 heavy (non-hydrogen) atoms. The monoisotopic (exact) mass is 544 g/mol. The van der Waals surface area contributed by atoms with Crippen molar-refractivity contribution in [2.45, 2.75) is 98.6 Å². The predicted molar refractivity (Wildman–Crippen MR) is 145 cm³/mol. The third-order valence-electron chi connectivity index (χ3n) is 8.75. The summed E-state index contributed by atoms with van der Waals surface area (Å²) in [5.41, 5.74) is 0.981. The minimum atomic E-state index is -1.11. The average Bonchev–Trinajstić information content (AvgIpc) is 3.59. The minimum absolute atomic E-state index is 0.305. The summed E-state index contributed by atoms with van der Waals surface area (Å²) in [5.74, 6) is -4.22. The fourth-order valence-electron chi connectivity index (χ4n) is 5.57. The minimum Gasteiger partial charge on any atom is -0.457 e. The Hall–Kier alpha value is -2.74. The highest BCUT2D eigenvalue weighted by atomic mass is 16.6. The molecular formula is C31H44O8. The quantitative estimate of drug-likeness (QED) is 0.126. The summed E-state index contributed by atoms with van der Waals surface area (Å²) in [6.07, 6.45) is 1.86. The fraction of sp³-hybridized carbons (Fsp3) is 0.677. The summed E-state index contributed by atoms with van der Waals surface area (Å²) in [5, 5.41) is 0. The van der Waals surface area contributed by atoms with Crippen LogP contribution in [0.25, 0.3) is 0 Å². The van der Waals surface area contributed by atoms with E-state index in [1.54, 1.807) is 26.8 Å². The number of hydrogen-bond donors (Lipinski definition) is 0. The van der Waals surface area contributed by atoms with Gasteiger partial charge in [-0.25, -0.2) is 4.79 Å². The molecule has 3 aliphatic rings. The molecule has 0 aromatic carbocycles. The van der Waals surface area contributed by atoms with Crippen molar-refractivity contribution >= 4 is 23.7 Å². The first-order chi connectivity index (χ1) is 18.3. The molecule has 0 unspecified atom stereocenters. The maximum atomic E-state index is 13.7. The molecule has 2 aliphatic carbocycles. The van der Waals surface area contributed by atoms with Crippen LogP contribution < -0.4 is 0 Å². The van der Waals surface area contributed by atoms with Crippen LogP contribution in [0.5, 0.6) is 0 Å². The van der Waals surface area contributed by atoms with Crippen molar-refractivity contribution in [2.75, 3.05) is 6.61 Å². The Morgan fingerprint density at radius 2 is 1.59 bits per heavy atom. The van der Waals surface area contributed by atoms with Crippen molar-refractivity contribution in [2.24, 2.45) is 29.6 Å². The van der Waals surface area contributed by atoms with Gasteiger partial charge < -0.3 is 18.9 Å². The van der Waals surface area contributed by atoms with Gasteiger partial charge in [0.05, 0.1) is 24.0 Å². The molecular weight excluding hydrogens is 500 g/mol. The number of rotatable bonds is 10. The maximum absolute atomic E-state index is 13.7. The highest BCUT2D eigenvalue weighted by Crippen LogP contribution is 2.58. The largest absolute Gasteiger partial charge is 0.457 e. The first kappa shape index (κ1) is 30.8. The second-order valence-electron chi connectivity index (χ2n) is 11.4. The van der Waals surface area contributed by atoms with Gasteiger partial charge in [0.15, 0.2) is 18.0 Å². The highest BCUT2D eigenvalue weighted by Gasteiger charge is 2.67. The molecule has 0 amide bonds. The van der Waals surface area contributed by atoms with Crippen LogP contribution in [0.2, 0.25) is 0 Å². The van der Waals surface area contributed by atoms with Crippen LogP contribution in [0.15, 0.2) is 35.5 Å². The number of epoxide rings is 1. The highest BCUT2D eigenvalue weighted by molar-refractivity contribution is 6.04. The van der Waals surface area contributed by atoms with Crippen molar-refractivity contribution in [1.29, 1.82) is 0 Å². The lowest BCUT2D eigenvalue weighted by atomic mass is 9.63. The number of fused-ring (bicyclic) bond motifs is 1. The zero-order valence-corrected chi connectivity index (χ0v) is 24.6. The van der Waals surface area contributed by atoms with Gasteiger partial charge in [0.1, 0.15) is 6.10 Å². The zero-order chi connectivity index (χ0) is 29.2. The molecule has 0 radical (unpaired) electrons. The Labute approximate surface area is 232 Å². The Morgan fingerprint density at radius 1 is 1.03 bits per heavy atom. The fourth-order valence-corrected chi connectivity index (χ4v) is 5.57. The molecule has 0 bridgehead atoms. The van der Waals surface area contributed by atoms with Gasteiger partial charge in [-0.3, -0.25) is 14.4 Å². The molecule has 0 aromatic heterocycles. The number of carbonyl (C=O) groups is 4. The van der Waals surface area contributed by atoms with Gasteiger partial charge in [-0.15, -0.1) is 0 Å². The Balaban J connectivity index is 2.14. The average molecular weight is 545 g/mol. The van der Waals surface area contributed by atoms with E-state index in [1.165, 1.54) is 6.08 Å². The molecule has 3 fully saturated rings. The van der Waals surface area contributed by atoms with E-state index in [2.05, 4.69) is 6.58 Å². The zero-order valence-electron chi connectivity index (χ0n) is 24.6. The lowest BCUT2D eigenvalue weighted by Crippen LogP contribution is -2.57. The molecule has 2 saturated carbocycles. The Kier molecular flexibility index (Phi) is 9.63.